The number of halogens is 1. The molecular formula is C13H14ClN3O3S. The first-order chi connectivity index (χ1) is 9.86. The van der Waals surface area contributed by atoms with E-state index in [4.69, 9.17) is 16.7 Å². The molecule has 1 aromatic heterocycles. The number of H-pyrrole nitrogens is 1. The van der Waals surface area contributed by atoms with Gasteiger partial charge in [-0.3, -0.25) is 4.79 Å². The zero-order valence-corrected chi connectivity index (χ0v) is 12.5. The average molecular weight is 328 g/mol. The van der Waals surface area contributed by atoms with Crippen molar-refractivity contribution in [1.82, 2.24) is 10.3 Å². The van der Waals surface area contributed by atoms with Crippen molar-refractivity contribution in [3.63, 3.8) is 0 Å². The van der Waals surface area contributed by atoms with Gasteiger partial charge < -0.3 is 10.3 Å². The first kappa shape index (κ1) is 15.6. The second-order valence-corrected chi connectivity index (χ2v) is 6.42. The van der Waals surface area contributed by atoms with Gasteiger partial charge in [0.15, 0.2) is 0 Å². The maximum Gasteiger partial charge on any atom is 0.267 e. The Bertz CT molecular complexity index is 738. The number of amides is 1. The van der Waals surface area contributed by atoms with E-state index in [-0.39, 0.29) is 10.8 Å². The molecule has 2 rings (SSSR count). The quantitative estimate of drug-likeness (QED) is 0.770. The van der Waals surface area contributed by atoms with Crippen LogP contribution in [0, 0.1) is 0 Å². The Labute approximate surface area is 127 Å². The largest absolute Gasteiger partial charge is 0.356 e. The van der Waals surface area contributed by atoms with Crippen LogP contribution in [0.2, 0.25) is 5.02 Å². The molecule has 0 saturated carbocycles. The van der Waals surface area contributed by atoms with Gasteiger partial charge in [-0.25, -0.2) is 13.6 Å². The number of rotatable bonds is 5. The summed E-state index contributed by atoms with van der Waals surface area (Å²) in [4.78, 5) is 14.6. The Hall–Kier alpha value is -1.83. The molecule has 1 amide bonds. The van der Waals surface area contributed by atoms with Crippen LogP contribution in [0.25, 0.3) is 0 Å². The highest BCUT2D eigenvalue weighted by Crippen LogP contribution is 2.10. The minimum atomic E-state index is -3.67. The molecule has 0 unspecified atom stereocenters. The van der Waals surface area contributed by atoms with E-state index in [9.17, 15) is 13.2 Å². The topological polar surface area (TPSA) is 105 Å². The molecule has 0 aliphatic carbocycles. The fraction of sp³-hybridized carbons (Fsp3) is 0.154. The number of primary sulfonamides is 1. The normalized spacial score (nSPS) is 11.3. The highest BCUT2D eigenvalue weighted by molar-refractivity contribution is 7.89. The Kier molecular flexibility index (Phi) is 4.66. The highest BCUT2D eigenvalue weighted by atomic mass is 35.5. The van der Waals surface area contributed by atoms with Crippen molar-refractivity contribution in [2.75, 3.05) is 6.54 Å². The summed E-state index contributed by atoms with van der Waals surface area (Å²) < 4.78 is 22.2. The third-order valence-corrected chi connectivity index (χ3v) is 3.99. The molecule has 0 atom stereocenters. The molecule has 4 N–H and O–H groups in total. The number of nitrogens with two attached hydrogens (primary N) is 1. The lowest BCUT2D eigenvalue weighted by atomic mass is 10.1. The number of aromatic nitrogens is 1. The van der Waals surface area contributed by atoms with E-state index < -0.39 is 10.0 Å². The third kappa shape index (κ3) is 4.32. The number of benzene rings is 1. The molecule has 1 aromatic carbocycles. The number of carbonyl (C=O) groups excluding carboxylic acids is 1. The second kappa shape index (κ2) is 6.30. The average Bonchev–Trinajstić information content (AvgIpc) is 2.85. The van der Waals surface area contributed by atoms with Crippen LogP contribution < -0.4 is 10.5 Å². The van der Waals surface area contributed by atoms with Gasteiger partial charge in [-0.05, 0) is 30.2 Å². The van der Waals surface area contributed by atoms with Crippen molar-refractivity contribution in [2.24, 2.45) is 5.14 Å². The number of sulfonamides is 1. The molecule has 2 aromatic rings. The molecule has 0 fully saturated rings. The van der Waals surface area contributed by atoms with Gasteiger partial charge in [0.1, 0.15) is 5.69 Å². The monoisotopic (exact) mass is 327 g/mol. The predicted octanol–water partition coefficient (Wildman–Crippen LogP) is 1.29. The molecule has 0 spiro atoms. The van der Waals surface area contributed by atoms with Crippen LogP contribution in [0.4, 0.5) is 0 Å². The molecule has 112 valence electrons. The number of aromatic amines is 1. The summed E-state index contributed by atoms with van der Waals surface area (Å²) in [6, 6.07) is 7.75. The van der Waals surface area contributed by atoms with Crippen molar-refractivity contribution in [1.29, 1.82) is 0 Å². The van der Waals surface area contributed by atoms with E-state index in [1.54, 1.807) is 12.1 Å². The van der Waals surface area contributed by atoms with Gasteiger partial charge in [-0.2, -0.15) is 0 Å². The highest BCUT2D eigenvalue weighted by Gasteiger charge is 2.08. The summed E-state index contributed by atoms with van der Waals surface area (Å²) in [7, 11) is -3.67. The number of hydrogen-bond donors (Lipinski definition) is 3. The summed E-state index contributed by atoms with van der Waals surface area (Å²) in [6.45, 7) is 0.421. The molecule has 8 heteroatoms. The summed E-state index contributed by atoms with van der Waals surface area (Å²) >= 11 is 5.72. The zero-order valence-electron chi connectivity index (χ0n) is 11.0. The Morgan fingerprint density at radius 3 is 2.48 bits per heavy atom. The van der Waals surface area contributed by atoms with Gasteiger partial charge in [-0.15, -0.1) is 0 Å². The van der Waals surface area contributed by atoms with Crippen LogP contribution in [-0.2, 0) is 16.4 Å². The summed E-state index contributed by atoms with van der Waals surface area (Å²) in [5.41, 5.74) is 1.29. The van der Waals surface area contributed by atoms with Crippen LogP contribution in [0.5, 0.6) is 0 Å². The maximum atomic E-state index is 11.7. The van der Waals surface area contributed by atoms with Gasteiger partial charge in [-0.1, -0.05) is 23.7 Å². The Morgan fingerprint density at radius 2 is 1.95 bits per heavy atom. The molecule has 6 nitrogen and oxygen atoms in total. The van der Waals surface area contributed by atoms with Gasteiger partial charge in [0, 0.05) is 12.7 Å². The number of nitrogens with one attached hydrogen (secondary N) is 2. The lowest BCUT2D eigenvalue weighted by Gasteiger charge is -2.05. The van der Waals surface area contributed by atoms with Crippen molar-refractivity contribution >= 4 is 27.5 Å². The molecule has 1 heterocycles. The Balaban J connectivity index is 1.88. The van der Waals surface area contributed by atoms with E-state index in [2.05, 4.69) is 10.3 Å². The van der Waals surface area contributed by atoms with Gasteiger partial charge in [0.05, 0.1) is 9.92 Å². The number of carbonyl (C=O) groups is 1. The summed E-state index contributed by atoms with van der Waals surface area (Å²) in [5.74, 6) is -0.247. The van der Waals surface area contributed by atoms with E-state index in [0.717, 1.165) is 5.56 Å². The van der Waals surface area contributed by atoms with Crippen molar-refractivity contribution in [3.05, 3.63) is 52.8 Å². The standard InChI is InChI=1S/C13H14ClN3O3S/c14-10-7-12(17-8-10)13(18)16-6-5-9-1-3-11(4-2-9)21(15,19)20/h1-4,7-8,17H,5-6H2,(H,16,18)(H2,15,19,20). The smallest absolute Gasteiger partial charge is 0.267 e. The molecule has 0 aliphatic heterocycles. The van der Waals surface area contributed by atoms with Crippen LogP contribution in [0.15, 0.2) is 41.4 Å². The van der Waals surface area contributed by atoms with E-state index in [0.29, 0.717) is 23.7 Å². The van der Waals surface area contributed by atoms with Crippen molar-refractivity contribution in [2.45, 2.75) is 11.3 Å². The molecule has 0 bridgehead atoms. The molecule has 0 aliphatic rings. The fourth-order valence-corrected chi connectivity index (χ4v) is 2.44. The predicted molar refractivity (Wildman–Crippen MR) is 79.7 cm³/mol. The van der Waals surface area contributed by atoms with Crippen molar-refractivity contribution < 1.29 is 13.2 Å². The lowest BCUT2D eigenvalue weighted by Crippen LogP contribution is -2.25. The van der Waals surface area contributed by atoms with E-state index in [1.165, 1.54) is 24.4 Å². The number of hydrogen-bond acceptors (Lipinski definition) is 3. The van der Waals surface area contributed by atoms with Gasteiger partial charge >= 0.3 is 0 Å². The van der Waals surface area contributed by atoms with Crippen LogP contribution in [-0.4, -0.2) is 25.9 Å². The van der Waals surface area contributed by atoms with E-state index >= 15 is 0 Å². The van der Waals surface area contributed by atoms with Gasteiger partial charge in [0.2, 0.25) is 10.0 Å². The van der Waals surface area contributed by atoms with Gasteiger partial charge in [0.25, 0.3) is 5.91 Å². The van der Waals surface area contributed by atoms with Crippen LogP contribution in [0.1, 0.15) is 16.1 Å². The first-order valence-electron chi connectivity index (χ1n) is 6.10. The minimum Gasteiger partial charge on any atom is -0.356 e. The summed E-state index contributed by atoms with van der Waals surface area (Å²) in [5, 5.41) is 8.22. The minimum absolute atomic E-state index is 0.0660. The molecule has 0 saturated heterocycles. The first-order valence-corrected chi connectivity index (χ1v) is 8.02. The molecule has 21 heavy (non-hydrogen) atoms. The third-order valence-electron chi connectivity index (χ3n) is 2.84. The molecule has 0 radical (unpaired) electrons. The van der Waals surface area contributed by atoms with Crippen LogP contribution >= 0.6 is 11.6 Å². The van der Waals surface area contributed by atoms with E-state index in [1.807, 2.05) is 0 Å². The summed E-state index contributed by atoms with van der Waals surface area (Å²) in [6.07, 6.45) is 2.10. The Morgan fingerprint density at radius 1 is 1.29 bits per heavy atom. The van der Waals surface area contributed by atoms with Crippen LogP contribution in [0.3, 0.4) is 0 Å². The SMILES string of the molecule is NS(=O)(=O)c1ccc(CCNC(=O)c2cc(Cl)c[nH]2)cc1. The second-order valence-electron chi connectivity index (χ2n) is 4.43. The maximum absolute atomic E-state index is 11.7. The fourth-order valence-electron chi connectivity index (χ4n) is 1.76. The lowest BCUT2D eigenvalue weighted by molar-refractivity contribution is 0.0950. The molecular weight excluding hydrogens is 314 g/mol. The zero-order chi connectivity index (χ0) is 15.5. The van der Waals surface area contributed by atoms with Crippen molar-refractivity contribution in [3.8, 4) is 0 Å².